The van der Waals surface area contributed by atoms with Crippen LogP contribution in [0.4, 0.5) is 0 Å². The van der Waals surface area contributed by atoms with E-state index in [0.717, 1.165) is 13.0 Å². The van der Waals surface area contributed by atoms with Crippen molar-refractivity contribution in [2.75, 3.05) is 19.8 Å². The van der Waals surface area contributed by atoms with E-state index in [0.29, 0.717) is 13.2 Å². The highest BCUT2D eigenvalue weighted by Crippen LogP contribution is 2.14. The van der Waals surface area contributed by atoms with E-state index >= 15 is 0 Å². The van der Waals surface area contributed by atoms with Crippen molar-refractivity contribution in [1.82, 2.24) is 4.90 Å². The van der Waals surface area contributed by atoms with Crippen LogP contribution in [0.25, 0.3) is 0 Å². The summed E-state index contributed by atoms with van der Waals surface area (Å²) in [6.07, 6.45) is 0.836. The summed E-state index contributed by atoms with van der Waals surface area (Å²) in [6, 6.07) is 0.216. The molecule has 0 radical (unpaired) electrons. The molecule has 0 aromatic heterocycles. The smallest absolute Gasteiger partial charge is 0.236 e. The molecule has 13 heavy (non-hydrogen) atoms. The van der Waals surface area contributed by atoms with Crippen LogP contribution < -0.4 is 0 Å². The molecule has 0 bridgehead atoms. The van der Waals surface area contributed by atoms with Gasteiger partial charge in [-0.15, -0.1) is 0 Å². The minimum Gasteiger partial charge on any atom is -0.377 e. The van der Waals surface area contributed by atoms with Crippen molar-refractivity contribution in [1.29, 1.82) is 0 Å². The molecule has 0 N–H and O–H groups in total. The number of halogens is 1. The number of carbonyl (C=O) groups excluding carboxylic acids is 1. The number of ether oxygens (including phenoxy) is 1. The number of carbonyl (C=O) groups is 1. The zero-order chi connectivity index (χ0) is 9.84. The van der Waals surface area contributed by atoms with Crippen LogP contribution in [0.1, 0.15) is 20.3 Å². The number of rotatable bonds is 2. The normalized spacial score (nSPS) is 25.8. The Labute approximate surface area is 87.6 Å². The Morgan fingerprint density at radius 1 is 1.77 bits per heavy atom. The average molecular weight is 250 g/mol. The van der Waals surface area contributed by atoms with Crippen LogP contribution in [0.5, 0.6) is 0 Å². The number of amides is 1. The Bertz CT molecular complexity index is 186. The first-order valence-electron chi connectivity index (χ1n) is 4.69. The first-order valence-corrected chi connectivity index (χ1v) is 5.60. The second-order valence-electron chi connectivity index (χ2n) is 3.33. The quantitative estimate of drug-likeness (QED) is 0.693. The average Bonchev–Trinajstić information content (AvgIpc) is 2.16. The molecule has 1 aliphatic rings. The molecule has 2 atom stereocenters. The van der Waals surface area contributed by atoms with Crippen LogP contribution in [0.2, 0.25) is 0 Å². The fraction of sp³-hybridized carbons (Fsp3) is 0.889. The van der Waals surface area contributed by atoms with E-state index < -0.39 is 0 Å². The number of nitrogens with zero attached hydrogens (tertiary/aromatic N) is 1. The molecule has 0 aromatic rings. The minimum atomic E-state index is -0.0342. The summed E-state index contributed by atoms with van der Waals surface area (Å²) in [5.41, 5.74) is 0. The molecule has 1 saturated heterocycles. The van der Waals surface area contributed by atoms with Crippen LogP contribution >= 0.6 is 15.9 Å². The Hall–Kier alpha value is -0.0900. The maximum Gasteiger partial charge on any atom is 0.236 e. The third-order valence-electron chi connectivity index (χ3n) is 2.28. The van der Waals surface area contributed by atoms with Crippen molar-refractivity contribution in [3.63, 3.8) is 0 Å². The van der Waals surface area contributed by atoms with Gasteiger partial charge in [-0.3, -0.25) is 4.79 Å². The van der Waals surface area contributed by atoms with Gasteiger partial charge in [0.05, 0.1) is 24.1 Å². The number of morpholine rings is 1. The molecule has 1 heterocycles. The highest BCUT2D eigenvalue weighted by molar-refractivity contribution is 9.10. The van der Waals surface area contributed by atoms with E-state index in [1.807, 2.05) is 18.7 Å². The molecule has 0 aliphatic carbocycles. The van der Waals surface area contributed by atoms with Crippen molar-refractivity contribution >= 4 is 21.8 Å². The summed E-state index contributed by atoms with van der Waals surface area (Å²) in [4.78, 5) is 13.6. The lowest BCUT2D eigenvalue weighted by molar-refractivity contribution is -0.138. The molecule has 1 aliphatic heterocycles. The number of alkyl halides is 1. The summed E-state index contributed by atoms with van der Waals surface area (Å²) in [5.74, 6) is 0.193. The van der Waals surface area contributed by atoms with E-state index in [-0.39, 0.29) is 16.8 Å². The molecule has 0 spiro atoms. The maximum absolute atomic E-state index is 11.8. The summed E-state index contributed by atoms with van der Waals surface area (Å²) in [7, 11) is 0. The molecule has 3 nitrogen and oxygen atoms in total. The SMILES string of the molecule is CCC(Br)C(=O)N1CCOC[C@H]1C. The molecule has 1 fully saturated rings. The van der Waals surface area contributed by atoms with Gasteiger partial charge in [0.2, 0.25) is 5.91 Å². The van der Waals surface area contributed by atoms with E-state index in [9.17, 15) is 4.79 Å². The molecule has 0 saturated carbocycles. The van der Waals surface area contributed by atoms with Crippen LogP contribution in [-0.4, -0.2) is 41.4 Å². The first kappa shape index (κ1) is 11.0. The van der Waals surface area contributed by atoms with Crippen molar-refractivity contribution in [3.8, 4) is 0 Å². The first-order chi connectivity index (χ1) is 6.16. The minimum absolute atomic E-state index is 0.0342. The van der Waals surface area contributed by atoms with Crippen molar-refractivity contribution in [2.24, 2.45) is 0 Å². The molecule has 76 valence electrons. The lowest BCUT2D eigenvalue weighted by atomic mass is 10.2. The summed E-state index contributed by atoms with van der Waals surface area (Å²) in [6.45, 7) is 6.08. The van der Waals surface area contributed by atoms with Gasteiger partial charge in [0.15, 0.2) is 0 Å². The van der Waals surface area contributed by atoms with E-state index in [4.69, 9.17) is 4.74 Å². The molecule has 1 rings (SSSR count). The third kappa shape index (κ3) is 2.68. The van der Waals surface area contributed by atoms with Crippen LogP contribution in [0.3, 0.4) is 0 Å². The lowest BCUT2D eigenvalue weighted by Gasteiger charge is -2.34. The van der Waals surface area contributed by atoms with E-state index in [2.05, 4.69) is 15.9 Å². The van der Waals surface area contributed by atoms with Crippen molar-refractivity contribution in [3.05, 3.63) is 0 Å². The van der Waals surface area contributed by atoms with Gasteiger partial charge in [0, 0.05) is 6.54 Å². The third-order valence-corrected chi connectivity index (χ3v) is 3.32. The molecular weight excluding hydrogens is 234 g/mol. The highest BCUT2D eigenvalue weighted by Gasteiger charge is 2.27. The summed E-state index contributed by atoms with van der Waals surface area (Å²) in [5, 5.41) is 0. The van der Waals surface area contributed by atoms with Gasteiger partial charge >= 0.3 is 0 Å². The Kier molecular flexibility index (Phi) is 4.19. The van der Waals surface area contributed by atoms with Gasteiger partial charge in [-0.05, 0) is 13.3 Å². The standard InChI is InChI=1S/C9H16BrNO2/c1-3-8(10)9(12)11-4-5-13-6-7(11)2/h7-8H,3-6H2,1-2H3/t7-,8?/m1/s1. The van der Waals surface area contributed by atoms with Crippen molar-refractivity contribution < 1.29 is 9.53 Å². The van der Waals surface area contributed by atoms with Gasteiger partial charge in [-0.25, -0.2) is 0 Å². The zero-order valence-electron chi connectivity index (χ0n) is 8.12. The molecule has 1 unspecified atom stereocenters. The highest BCUT2D eigenvalue weighted by atomic mass is 79.9. The molecule has 4 heteroatoms. The largest absolute Gasteiger partial charge is 0.377 e. The molecule has 0 aromatic carbocycles. The summed E-state index contributed by atoms with van der Waals surface area (Å²) < 4.78 is 5.27. The van der Waals surface area contributed by atoms with E-state index in [1.165, 1.54) is 0 Å². The maximum atomic E-state index is 11.8. The van der Waals surface area contributed by atoms with Gasteiger partial charge in [-0.1, -0.05) is 22.9 Å². The topological polar surface area (TPSA) is 29.5 Å². The number of hydrogen-bond acceptors (Lipinski definition) is 2. The van der Waals surface area contributed by atoms with Gasteiger partial charge in [0.25, 0.3) is 0 Å². The molecular formula is C9H16BrNO2. The second kappa shape index (κ2) is 4.96. The van der Waals surface area contributed by atoms with E-state index in [1.54, 1.807) is 0 Å². The number of hydrogen-bond donors (Lipinski definition) is 0. The van der Waals surface area contributed by atoms with Crippen LogP contribution in [0.15, 0.2) is 0 Å². The lowest BCUT2D eigenvalue weighted by Crippen LogP contribution is -2.49. The fourth-order valence-corrected chi connectivity index (χ4v) is 1.67. The summed E-state index contributed by atoms with van der Waals surface area (Å²) >= 11 is 3.37. The fourth-order valence-electron chi connectivity index (χ4n) is 1.41. The Balaban J connectivity index is 2.53. The zero-order valence-corrected chi connectivity index (χ0v) is 9.71. The predicted octanol–water partition coefficient (Wildman–Crippen LogP) is 1.41. The molecule has 1 amide bonds. The van der Waals surface area contributed by atoms with Gasteiger partial charge in [-0.2, -0.15) is 0 Å². The monoisotopic (exact) mass is 249 g/mol. The van der Waals surface area contributed by atoms with Gasteiger partial charge in [0.1, 0.15) is 0 Å². The second-order valence-corrected chi connectivity index (χ2v) is 4.44. The van der Waals surface area contributed by atoms with Crippen LogP contribution in [-0.2, 0) is 9.53 Å². The van der Waals surface area contributed by atoms with Crippen LogP contribution in [0, 0.1) is 0 Å². The predicted molar refractivity (Wildman–Crippen MR) is 55.0 cm³/mol. The van der Waals surface area contributed by atoms with Gasteiger partial charge < -0.3 is 9.64 Å². The Morgan fingerprint density at radius 3 is 3.00 bits per heavy atom. The Morgan fingerprint density at radius 2 is 2.46 bits per heavy atom. The van der Waals surface area contributed by atoms with Crippen molar-refractivity contribution in [2.45, 2.75) is 31.1 Å².